The lowest BCUT2D eigenvalue weighted by Gasteiger charge is -2.06. The Morgan fingerprint density at radius 3 is 2.93 bits per heavy atom. The summed E-state index contributed by atoms with van der Waals surface area (Å²) in [6.45, 7) is 2.59. The molecule has 1 N–H and O–H groups in total. The minimum absolute atomic E-state index is 0.0189. The van der Waals surface area contributed by atoms with Crippen LogP contribution in [0.3, 0.4) is 0 Å². The molecule has 0 saturated carbocycles. The molecule has 0 radical (unpaired) electrons. The summed E-state index contributed by atoms with van der Waals surface area (Å²) in [6, 6.07) is 0. The molecule has 0 unspecified atom stereocenters. The molecule has 0 aromatic carbocycles. The molecule has 0 aliphatic heterocycles. The normalized spacial score (nSPS) is 10.1. The van der Waals surface area contributed by atoms with Crippen molar-refractivity contribution in [1.82, 2.24) is 9.97 Å². The highest BCUT2D eigenvalue weighted by atomic mass is 19.1. The van der Waals surface area contributed by atoms with Gasteiger partial charge in [0.2, 0.25) is 11.8 Å². The van der Waals surface area contributed by atoms with Gasteiger partial charge in [-0.3, -0.25) is 0 Å². The predicted molar refractivity (Wildman–Crippen MR) is 56.6 cm³/mol. The molecule has 0 atom stereocenters. The summed E-state index contributed by atoms with van der Waals surface area (Å²) in [7, 11) is 1.67. The zero-order chi connectivity index (χ0) is 11.1. The van der Waals surface area contributed by atoms with E-state index in [0.717, 1.165) is 25.5 Å². The molecule has 5 heteroatoms. The molecule has 0 fully saturated rings. The van der Waals surface area contributed by atoms with Crippen LogP contribution in [0.4, 0.5) is 10.3 Å². The number of anilines is 1. The molecule has 1 aromatic rings. The quantitative estimate of drug-likeness (QED) is 0.736. The van der Waals surface area contributed by atoms with Crippen LogP contribution in [0.15, 0.2) is 6.20 Å². The molecule has 0 saturated heterocycles. The van der Waals surface area contributed by atoms with Crippen LogP contribution in [-0.4, -0.2) is 23.6 Å². The standard InChI is InChI=1S/C10H16FN3O/c1-3-4-5-6-15-9-8(11)7-13-10(12-2)14-9/h7H,3-6H2,1-2H3,(H,12,13,14). The van der Waals surface area contributed by atoms with Crippen molar-refractivity contribution in [3.05, 3.63) is 12.0 Å². The number of rotatable bonds is 6. The van der Waals surface area contributed by atoms with E-state index in [2.05, 4.69) is 22.2 Å². The summed E-state index contributed by atoms with van der Waals surface area (Å²) >= 11 is 0. The van der Waals surface area contributed by atoms with Gasteiger partial charge < -0.3 is 10.1 Å². The SMILES string of the molecule is CCCCCOc1nc(NC)ncc1F. The fourth-order valence-corrected chi connectivity index (χ4v) is 1.09. The van der Waals surface area contributed by atoms with Crippen molar-refractivity contribution in [1.29, 1.82) is 0 Å². The second-order valence-electron chi connectivity index (χ2n) is 3.15. The van der Waals surface area contributed by atoms with E-state index in [1.165, 1.54) is 0 Å². The highest BCUT2D eigenvalue weighted by molar-refractivity contribution is 5.27. The first-order valence-electron chi connectivity index (χ1n) is 5.11. The molecule has 0 aliphatic rings. The largest absolute Gasteiger partial charge is 0.475 e. The van der Waals surface area contributed by atoms with E-state index in [9.17, 15) is 4.39 Å². The van der Waals surface area contributed by atoms with Gasteiger partial charge in [-0.15, -0.1) is 0 Å². The highest BCUT2D eigenvalue weighted by Crippen LogP contribution is 2.14. The van der Waals surface area contributed by atoms with Gasteiger partial charge in [0.15, 0.2) is 0 Å². The minimum atomic E-state index is -0.523. The fraction of sp³-hybridized carbons (Fsp3) is 0.600. The van der Waals surface area contributed by atoms with Crippen molar-refractivity contribution < 1.29 is 9.13 Å². The van der Waals surface area contributed by atoms with Gasteiger partial charge in [-0.2, -0.15) is 9.37 Å². The van der Waals surface area contributed by atoms with Gasteiger partial charge in [-0.05, 0) is 6.42 Å². The zero-order valence-electron chi connectivity index (χ0n) is 9.09. The van der Waals surface area contributed by atoms with Crippen LogP contribution in [0.1, 0.15) is 26.2 Å². The van der Waals surface area contributed by atoms with Crippen molar-refractivity contribution in [3.8, 4) is 5.88 Å². The van der Waals surface area contributed by atoms with Crippen molar-refractivity contribution in [2.75, 3.05) is 19.0 Å². The van der Waals surface area contributed by atoms with Gasteiger partial charge in [-0.1, -0.05) is 19.8 Å². The monoisotopic (exact) mass is 213 g/mol. The topological polar surface area (TPSA) is 47.0 Å². The molecular weight excluding hydrogens is 197 g/mol. The molecule has 84 valence electrons. The Hall–Kier alpha value is -1.39. The molecule has 0 spiro atoms. The number of aromatic nitrogens is 2. The lowest BCUT2D eigenvalue weighted by atomic mass is 10.3. The smallest absolute Gasteiger partial charge is 0.255 e. The van der Waals surface area contributed by atoms with Gasteiger partial charge in [0, 0.05) is 7.05 Å². The number of ether oxygens (including phenoxy) is 1. The summed E-state index contributed by atoms with van der Waals surface area (Å²) in [5, 5.41) is 2.73. The number of nitrogens with one attached hydrogen (secondary N) is 1. The van der Waals surface area contributed by atoms with Gasteiger partial charge in [0.05, 0.1) is 12.8 Å². The van der Waals surface area contributed by atoms with Crippen LogP contribution in [0.2, 0.25) is 0 Å². The van der Waals surface area contributed by atoms with E-state index < -0.39 is 5.82 Å². The molecule has 1 aromatic heterocycles. The van der Waals surface area contributed by atoms with Gasteiger partial charge in [0.25, 0.3) is 5.88 Å². The third-order valence-corrected chi connectivity index (χ3v) is 1.92. The van der Waals surface area contributed by atoms with Gasteiger partial charge >= 0.3 is 0 Å². The second kappa shape index (κ2) is 6.16. The van der Waals surface area contributed by atoms with Crippen molar-refractivity contribution in [2.24, 2.45) is 0 Å². The number of halogens is 1. The van der Waals surface area contributed by atoms with Crippen LogP contribution < -0.4 is 10.1 Å². The molecular formula is C10H16FN3O. The van der Waals surface area contributed by atoms with E-state index in [1.807, 2.05) is 0 Å². The summed E-state index contributed by atoms with van der Waals surface area (Å²) < 4.78 is 18.4. The van der Waals surface area contributed by atoms with E-state index in [1.54, 1.807) is 7.05 Å². The minimum Gasteiger partial charge on any atom is -0.475 e. The predicted octanol–water partition coefficient (Wildman–Crippen LogP) is 2.23. The fourth-order valence-electron chi connectivity index (χ4n) is 1.09. The Kier molecular flexibility index (Phi) is 4.80. The van der Waals surface area contributed by atoms with Crippen LogP contribution in [-0.2, 0) is 0 Å². The Balaban J connectivity index is 2.51. The Morgan fingerprint density at radius 2 is 2.27 bits per heavy atom. The number of hydrogen-bond donors (Lipinski definition) is 1. The van der Waals surface area contributed by atoms with Crippen LogP contribution in [0, 0.1) is 5.82 Å². The molecule has 0 aliphatic carbocycles. The van der Waals surface area contributed by atoms with E-state index in [-0.39, 0.29) is 5.88 Å². The first-order chi connectivity index (χ1) is 7.27. The van der Waals surface area contributed by atoms with Crippen LogP contribution in [0.5, 0.6) is 5.88 Å². The maximum Gasteiger partial charge on any atom is 0.255 e. The van der Waals surface area contributed by atoms with Gasteiger partial charge in [0.1, 0.15) is 0 Å². The van der Waals surface area contributed by atoms with E-state index in [0.29, 0.717) is 12.6 Å². The molecule has 4 nitrogen and oxygen atoms in total. The average molecular weight is 213 g/mol. The summed E-state index contributed by atoms with van der Waals surface area (Å²) in [5.74, 6) is -0.141. The third kappa shape index (κ3) is 3.69. The van der Waals surface area contributed by atoms with E-state index >= 15 is 0 Å². The van der Waals surface area contributed by atoms with Crippen LogP contribution in [0.25, 0.3) is 0 Å². The van der Waals surface area contributed by atoms with Crippen molar-refractivity contribution in [2.45, 2.75) is 26.2 Å². The average Bonchev–Trinajstić information content (AvgIpc) is 2.26. The summed E-state index contributed by atoms with van der Waals surface area (Å²) in [6.07, 6.45) is 4.20. The van der Waals surface area contributed by atoms with Gasteiger partial charge in [-0.25, -0.2) is 4.98 Å². The summed E-state index contributed by atoms with van der Waals surface area (Å²) in [5.41, 5.74) is 0. The first-order valence-corrected chi connectivity index (χ1v) is 5.11. The van der Waals surface area contributed by atoms with Crippen LogP contribution >= 0.6 is 0 Å². The molecule has 15 heavy (non-hydrogen) atoms. The lowest BCUT2D eigenvalue weighted by Crippen LogP contribution is -2.04. The maximum absolute atomic E-state index is 13.1. The second-order valence-corrected chi connectivity index (χ2v) is 3.15. The zero-order valence-corrected chi connectivity index (χ0v) is 9.09. The molecule has 0 amide bonds. The number of unbranched alkanes of at least 4 members (excludes halogenated alkanes) is 2. The van der Waals surface area contributed by atoms with Crippen molar-refractivity contribution in [3.63, 3.8) is 0 Å². The highest BCUT2D eigenvalue weighted by Gasteiger charge is 2.06. The Labute approximate surface area is 88.9 Å². The molecule has 1 heterocycles. The lowest BCUT2D eigenvalue weighted by molar-refractivity contribution is 0.279. The first kappa shape index (κ1) is 11.7. The Morgan fingerprint density at radius 1 is 1.47 bits per heavy atom. The number of nitrogens with zero attached hydrogens (tertiary/aromatic N) is 2. The third-order valence-electron chi connectivity index (χ3n) is 1.92. The molecule has 1 rings (SSSR count). The molecule has 0 bridgehead atoms. The Bertz CT molecular complexity index is 307. The summed E-state index contributed by atoms with van der Waals surface area (Å²) in [4.78, 5) is 7.59. The van der Waals surface area contributed by atoms with E-state index in [4.69, 9.17) is 4.74 Å². The van der Waals surface area contributed by atoms with Crippen molar-refractivity contribution >= 4 is 5.95 Å². The maximum atomic E-state index is 13.1. The number of hydrogen-bond acceptors (Lipinski definition) is 4.